The minimum Gasteiger partial charge on any atom is -0.385 e. The topological polar surface area (TPSA) is 55.6 Å². The first kappa shape index (κ1) is 10.6. The molecule has 0 amide bonds. The van der Waals surface area contributed by atoms with Crippen molar-refractivity contribution in [3.8, 4) is 5.69 Å². The molecule has 1 aromatic carbocycles. The summed E-state index contributed by atoms with van der Waals surface area (Å²) in [6, 6.07) is 6.19. The molecule has 5 heteroatoms. The largest absolute Gasteiger partial charge is 0.385 e. The lowest BCUT2D eigenvalue weighted by Crippen LogP contribution is -2.03. The molecule has 2 aromatic rings. The van der Waals surface area contributed by atoms with Crippen molar-refractivity contribution in [1.82, 2.24) is 20.2 Å². The number of benzene rings is 1. The molecule has 0 aliphatic rings. The van der Waals surface area contributed by atoms with Gasteiger partial charge in [0.1, 0.15) is 6.33 Å². The maximum absolute atomic E-state index is 3.90. The minimum absolute atomic E-state index is 0.970. The van der Waals surface area contributed by atoms with E-state index in [-0.39, 0.29) is 0 Å². The fraction of sp³-hybridized carbons (Fsp3) is 0.364. The van der Waals surface area contributed by atoms with Crippen LogP contribution in [0.1, 0.15) is 18.9 Å². The van der Waals surface area contributed by atoms with Gasteiger partial charge in [0.15, 0.2) is 0 Å². The predicted molar refractivity (Wildman–Crippen MR) is 62.7 cm³/mol. The van der Waals surface area contributed by atoms with Crippen molar-refractivity contribution in [3.05, 3.63) is 30.1 Å². The van der Waals surface area contributed by atoms with Crippen LogP contribution in [0, 0.1) is 6.92 Å². The molecule has 5 nitrogen and oxygen atoms in total. The molecule has 0 saturated carbocycles. The van der Waals surface area contributed by atoms with Crippen molar-refractivity contribution in [1.29, 1.82) is 0 Å². The molecule has 84 valence electrons. The maximum atomic E-state index is 3.90. The lowest BCUT2D eigenvalue weighted by atomic mass is 10.2. The van der Waals surface area contributed by atoms with E-state index >= 15 is 0 Å². The van der Waals surface area contributed by atoms with Crippen molar-refractivity contribution in [2.24, 2.45) is 0 Å². The maximum Gasteiger partial charge on any atom is 0.143 e. The number of hydrogen-bond acceptors (Lipinski definition) is 4. The fourth-order valence-electron chi connectivity index (χ4n) is 1.51. The molecule has 0 spiro atoms. The number of aromatic nitrogens is 4. The van der Waals surface area contributed by atoms with Crippen LogP contribution in [0.2, 0.25) is 0 Å². The molecule has 0 radical (unpaired) electrons. The van der Waals surface area contributed by atoms with Crippen molar-refractivity contribution in [3.63, 3.8) is 0 Å². The van der Waals surface area contributed by atoms with E-state index in [1.54, 1.807) is 11.0 Å². The number of anilines is 1. The zero-order valence-electron chi connectivity index (χ0n) is 9.51. The number of tetrazole rings is 1. The first-order valence-corrected chi connectivity index (χ1v) is 5.39. The highest BCUT2D eigenvalue weighted by Gasteiger charge is 2.03. The lowest BCUT2D eigenvalue weighted by Gasteiger charge is -2.09. The van der Waals surface area contributed by atoms with E-state index < -0.39 is 0 Å². The number of hydrogen-bond donors (Lipinski definition) is 1. The van der Waals surface area contributed by atoms with Gasteiger partial charge in [0.05, 0.1) is 5.69 Å². The lowest BCUT2D eigenvalue weighted by molar-refractivity contribution is 0.785. The van der Waals surface area contributed by atoms with Gasteiger partial charge in [-0.05, 0) is 41.5 Å². The van der Waals surface area contributed by atoms with Crippen molar-refractivity contribution in [2.75, 3.05) is 11.9 Å². The Hall–Kier alpha value is -1.91. The Kier molecular flexibility index (Phi) is 3.14. The van der Waals surface area contributed by atoms with E-state index in [0.29, 0.717) is 0 Å². The summed E-state index contributed by atoms with van der Waals surface area (Å²) in [7, 11) is 0. The molecule has 2 rings (SSSR count). The van der Waals surface area contributed by atoms with E-state index in [1.807, 2.05) is 6.92 Å². The molecular weight excluding hydrogens is 202 g/mol. The second-order valence-corrected chi connectivity index (χ2v) is 3.68. The SMILES string of the molecule is CCCNc1ccc(C)c(-n2cnnn2)c1. The van der Waals surface area contributed by atoms with Crippen LogP contribution in [0.5, 0.6) is 0 Å². The summed E-state index contributed by atoms with van der Waals surface area (Å²) >= 11 is 0. The quantitative estimate of drug-likeness (QED) is 0.848. The molecule has 0 saturated heterocycles. The minimum atomic E-state index is 0.970. The number of nitrogens with one attached hydrogen (secondary N) is 1. The van der Waals surface area contributed by atoms with E-state index in [9.17, 15) is 0 Å². The van der Waals surface area contributed by atoms with Gasteiger partial charge in [0.25, 0.3) is 0 Å². The molecule has 0 aliphatic carbocycles. The van der Waals surface area contributed by atoms with E-state index in [0.717, 1.165) is 29.9 Å². The number of nitrogens with zero attached hydrogens (tertiary/aromatic N) is 4. The Bertz CT molecular complexity index is 449. The molecule has 0 atom stereocenters. The van der Waals surface area contributed by atoms with Gasteiger partial charge in [-0.1, -0.05) is 13.0 Å². The Morgan fingerprint density at radius 3 is 2.94 bits per heavy atom. The summed E-state index contributed by atoms with van der Waals surface area (Å²) in [4.78, 5) is 0. The zero-order chi connectivity index (χ0) is 11.4. The average molecular weight is 217 g/mol. The Balaban J connectivity index is 2.30. The highest BCUT2D eigenvalue weighted by Crippen LogP contribution is 2.18. The second-order valence-electron chi connectivity index (χ2n) is 3.68. The standard InChI is InChI=1S/C11H15N5/c1-3-6-12-10-5-4-9(2)11(7-10)16-8-13-14-15-16/h4-5,7-8,12H,3,6H2,1-2H3. The summed E-state index contributed by atoms with van der Waals surface area (Å²) < 4.78 is 1.67. The van der Waals surface area contributed by atoms with Crippen LogP contribution in [-0.2, 0) is 0 Å². The Morgan fingerprint density at radius 1 is 1.38 bits per heavy atom. The first-order valence-electron chi connectivity index (χ1n) is 5.39. The molecule has 0 bridgehead atoms. The van der Waals surface area contributed by atoms with Crippen LogP contribution in [0.4, 0.5) is 5.69 Å². The van der Waals surface area contributed by atoms with Gasteiger partial charge in [0.2, 0.25) is 0 Å². The van der Waals surface area contributed by atoms with Crippen LogP contribution in [0.3, 0.4) is 0 Å². The highest BCUT2D eigenvalue weighted by molar-refractivity contribution is 5.54. The average Bonchev–Trinajstić information content (AvgIpc) is 2.81. The van der Waals surface area contributed by atoms with Crippen LogP contribution in [-0.4, -0.2) is 26.8 Å². The van der Waals surface area contributed by atoms with Crippen molar-refractivity contribution in [2.45, 2.75) is 20.3 Å². The predicted octanol–water partition coefficient (Wildman–Crippen LogP) is 1.79. The normalized spacial score (nSPS) is 10.4. The molecule has 0 aliphatic heterocycles. The molecule has 1 N–H and O–H groups in total. The Labute approximate surface area is 94.5 Å². The zero-order valence-corrected chi connectivity index (χ0v) is 9.51. The van der Waals surface area contributed by atoms with Gasteiger partial charge in [-0.25, -0.2) is 4.68 Å². The molecule has 16 heavy (non-hydrogen) atoms. The third-order valence-electron chi connectivity index (χ3n) is 2.38. The fourth-order valence-corrected chi connectivity index (χ4v) is 1.51. The second kappa shape index (κ2) is 4.74. The Morgan fingerprint density at radius 2 is 2.25 bits per heavy atom. The summed E-state index contributed by atoms with van der Waals surface area (Å²) in [5.41, 5.74) is 3.25. The van der Waals surface area contributed by atoms with E-state index in [4.69, 9.17) is 0 Å². The summed E-state index contributed by atoms with van der Waals surface area (Å²) in [5.74, 6) is 0. The first-order chi connectivity index (χ1) is 7.81. The summed E-state index contributed by atoms with van der Waals surface area (Å²) in [6.07, 6.45) is 2.71. The molecule has 0 fully saturated rings. The monoisotopic (exact) mass is 217 g/mol. The van der Waals surface area contributed by atoms with E-state index in [1.165, 1.54) is 0 Å². The van der Waals surface area contributed by atoms with Crippen LogP contribution >= 0.6 is 0 Å². The third kappa shape index (κ3) is 2.18. The summed E-state index contributed by atoms with van der Waals surface area (Å²) in [6.45, 7) is 5.15. The van der Waals surface area contributed by atoms with Crippen molar-refractivity contribution < 1.29 is 0 Å². The van der Waals surface area contributed by atoms with Gasteiger partial charge in [-0.2, -0.15) is 0 Å². The molecule has 1 heterocycles. The highest BCUT2D eigenvalue weighted by atomic mass is 15.5. The van der Waals surface area contributed by atoms with Crippen molar-refractivity contribution >= 4 is 5.69 Å². The number of aryl methyl sites for hydroxylation is 1. The van der Waals surface area contributed by atoms with Gasteiger partial charge in [0, 0.05) is 12.2 Å². The van der Waals surface area contributed by atoms with Gasteiger partial charge < -0.3 is 5.32 Å². The molecule has 1 aromatic heterocycles. The smallest absolute Gasteiger partial charge is 0.143 e. The van der Waals surface area contributed by atoms with Gasteiger partial charge in [-0.3, -0.25) is 0 Å². The number of rotatable bonds is 4. The van der Waals surface area contributed by atoms with Crippen LogP contribution in [0.25, 0.3) is 5.69 Å². The van der Waals surface area contributed by atoms with E-state index in [2.05, 4.69) is 46.0 Å². The molecule has 0 unspecified atom stereocenters. The van der Waals surface area contributed by atoms with Crippen LogP contribution < -0.4 is 5.32 Å². The summed E-state index contributed by atoms with van der Waals surface area (Å²) in [5, 5.41) is 14.5. The third-order valence-corrected chi connectivity index (χ3v) is 2.38. The molecular formula is C11H15N5. The van der Waals surface area contributed by atoms with Crippen LogP contribution in [0.15, 0.2) is 24.5 Å². The van der Waals surface area contributed by atoms with Gasteiger partial charge in [-0.15, -0.1) is 5.10 Å². The van der Waals surface area contributed by atoms with Gasteiger partial charge >= 0.3 is 0 Å².